The van der Waals surface area contributed by atoms with Crippen molar-refractivity contribution < 1.29 is 9.72 Å². The first-order valence-electron chi connectivity index (χ1n) is 7.39. The van der Waals surface area contributed by atoms with Gasteiger partial charge in [-0.2, -0.15) is 0 Å². The van der Waals surface area contributed by atoms with Gasteiger partial charge in [0.05, 0.1) is 9.40 Å². The SMILES string of the molecule is O=C(C1CC1)N1CCCN(c2c(Br)cncc2[N+](=O)[O-])CC1. The average Bonchev–Trinajstić information content (AvgIpc) is 3.33. The highest BCUT2D eigenvalue weighted by Gasteiger charge is 2.34. The Morgan fingerprint density at radius 3 is 2.73 bits per heavy atom. The third-order valence-corrected chi connectivity index (χ3v) is 4.68. The summed E-state index contributed by atoms with van der Waals surface area (Å²) in [6, 6.07) is 0. The zero-order chi connectivity index (χ0) is 15.7. The lowest BCUT2D eigenvalue weighted by Gasteiger charge is -2.24. The number of carbonyl (C=O) groups excluding carboxylic acids is 1. The molecule has 2 fully saturated rings. The first-order chi connectivity index (χ1) is 10.6. The molecule has 7 nitrogen and oxygen atoms in total. The van der Waals surface area contributed by atoms with Crippen LogP contribution in [0.3, 0.4) is 0 Å². The van der Waals surface area contributed by atoms with E-state index >= 15 is 0 Å². The summed E-state index contributed by atoms with van der Waals surface area (Å²) in [5.41, 5.74) is 0.553. The number of nitro groups is 1. The molecule has 0 aromatic carbocycles. The first kappa shape index (κ1) is 15.2. The zero-order valence-corrected chi connectivity index (χ0v) is 13.7. The van der Waals surface area contributed by atoms with Gasteiger partial charge in [0.1, 0.15) is 11.9 Å². The Morgan fingerprint density at radius 2 is 2.05 bits per heavy atom. The summed E-state index contributed by atoms with van der Waals surface area (Å²) in [7, 11) is 0. The van der Waals surface area contributed by atoms with E-state index in [4.69, 9.17) is 0 Å². The number of aromatic nitrogens is 1. The second-order valence-corrected chi connectivity index (χ2v) is 6.54. The molecule has 1 amide bonds. The van der Waals surface area contributed by atoms with Crippen LogP contribution in [0.25, 0.3) is 0 Å². The number of amides is 1. The Labute approximate surface area is 136 Å². The highest BCUT2D eigenvalue weighted by Crippen LogP contribution is 2.36. The second-order valence-electron chi connectivity index (χ2n) is 5.69. The first-order valence-corrected chi connectivity index (χ1v) is 8.19. The van der Waals surface area contributed by atoms with Crippen LogP contribution in [-0.4, -0.2) is 46.9 Å². The lowest BCUT2D eigenvalue weighted by molar-refractivity contribution is -0.384. The Hall–Kier alpha value is -1.70. The maximum absolute atomic E-state index is 12.2. The topological polar surface area (TPSA) is 79.6 Å². The summed E-state index contributed by atoms with van der Waals surface area (Å²) in [5.74, 6) is 0.457. The van der Waals surface area contributed by atoms with Crippen LogP contribution < -0.4 is 4.90 Å². The molecule has 2 heterocycles. The highest BCUT2D eigenvalue weighted by atomic mass is 79.9. The fourth-order valence-corrected chi connectivity index (χ4v) is 3.39. The Bertz CT molecular complexity index is 606. The smallest absolute Gasteiger partial charge is 0.311 e. The largest absolute Gasteiger partial charge is 0.363 e. The molecule has 1 aliphatic carbocycles. The zero-order valence-electron chi connectivity index (χ0n) is 12.1. The molecule has 0 radical (unpaired) electrons. The van der Waals surface area contributed by atoms with Gasteiger partial charge in [-0.3, -0.25) is 19.9 Å². The molecule has 1 saturated carbocycles. The summed E-state index contributed by atoms with van der Waals surface area (Å²) in [6.07, 6.45) is 5.66. The monoisotopic (exact) mass is 368 g/mol. The number of hydrogen-bond acceptors (Lipinski definition) is 5. The quantitative estimate of drug-likeness (QED) is 0.603. The van der Waals surface area contributed by atoms with Crippen molar-refractivity contribution in [3.8, 4) is 0 Å². The molecule has 22 heavy (non-hydrogen) atoms. The van der Waals surface area contributed by atoms with Gasteiger partial charge in [0.15, 0.2) is 0 Å². The third kappa shape index (κ3) is 3.06. The summed E-state index contributed by atoms with van der Waals surface area (Å²) < 4.78 is 0.615. The molecule has 1 aromatic heterocycles. The van der Waals surface area contributed by atoms with Gasteiger partial charge in [-0.05, 0) is 35.2 Å². The van der Waals surface area contributed by atoms with Crippen molar-refractivity contribution in [2.75, 3.05) is 31.1 Å². The second kappa shape index (κ2) is 6.20. The molecule has 1 saturated heterocycles. The number of nitrogens with zero attached hydrogens (tertiary/aromatic N) is 4. The van der Waals surface area contributed by atoms with Crippen molar-refractivity contribution in [3.63, 3.8) is 0 Å². The van der Waals surface area contributed by atoms with Gasteiger partial charge in [-0.1, -0.05) is 0 Å². The molecular weight excluding hydrogens is 352 g/mol. The van der Waals surface area contributed by atoms with E-state index in [1.165, 1.54) is 6.20 Å². The minimum Gasteiger partial charge on any atom is -0.363 e. The maximum atomic E-state index is 12.2. The van der Waals surface area contributed by atoms with Crippen molar-refractivity contribution in [1.29, 1.82) is 0 Å². The Morgan fingerprint density at radius 1 is 1.27 bits per heavy atom. The number of carbonyl (C=O) groups is 1. The maximum Gasteiger partial charge on any atom is 0.311 e. The van der Waals surface area contributed by atoms with Crippen LogP contribution in [0.2, 0.25) is 0 Å². The predicted octanol–water partition coefficient (Wildman–Crippen LogP) is 2.20. The Balaban J connectivity index is 1.78. The van der Waals surface area contributed by atoms with Crippen LogP contribution >= 0.6 is 15.9 Å². The van der Waals surface area contributed by atoms with E-state index in [1.54, 1.807) is 6.20 Å². The van der Waals surface area contributed by atoms with E-state index < -0.39 is 4.92 Å². The van der Waals surface area contributed by atoms with E-state index in [0.717, 1.165) is 25.8 Å². The summed E-state index contributed by atoms with van der Waals surface area (Å²) in [6.45, 7) is 2.63. The van der Waals surface area contributed by atoms with Crippen molar-refractivity contribution in [1.82, 2.24) is 9.88 Å². The molecule has 118 valence electrons. The van der Waals surface area contributed by atoms with Crippen LogP contribution in [0.4, 0.5) is 11.4 Å². The van der Waals surface area contributed by atoms with Crippen LogP contribution in [0.15, 0.2) is 16.9 Å². The lowest BCUT2D eigenvalue weighted by Crippen LogP contribution is -2.36. The minimum atomic E-state index is -0.412. The third-order valence-electron chi connectivity index (χ3n) is 4.10. The summed E-state index contributed by atoms with van der Waals surface area (Å²) >= 11 is 3.36. The Kier molecular flexibility index (Phi) is 4.28. The van der Waals surface area contributed by atoms with Gasteiger partial charge in [-0.15, -0.1) is 0 Å². The van der Waals surface area contributed by atoms with Crippen molar-refractivity contribution in [3.05, 3.63) is 27.0 Å². The number of pyridine rings is 1. The number of anilines is 1. The van der Waals surface area contributed by atoms with E-state index in [2.05, 4.69) is 20.9 Å². The van der Waals surface area contributed by atoms with Gasteiger partial charge < -0.3 is 9.80 Å². The van der Waals surface area contributed by atoms with Gasteiger partial charge in [0.2, 0.25) is 5.91 Å². The molecular formula is C14H17BrN4O3. The van der Waals surface area contributed by atoms with Gasteiger partial charge in [-0.25, -0.2) is 0 Å². The molecule has 0 bridgehead atoms. The molecule has 0 unspecified atom stereocenters. The number of halogens is 1. The molecule has 3 rings (SSSR count). The average molecular weight is 369 g/mol. The van der Waals surface area contributed by atoms with Crippen molar-refractivity contribution in [2.24, 2.45) is 5.92 Å². The molecule has 8 heteroatoms. The molecule has 2 aliphatic rings. The number of hydrogen-bond donors (Lipinski definition) is 0. The van der Waals surface area contributed by atoms with Gasteiger partial charge >= 0.3 is 5.69 Å². The highest BCUT2D eigenvalue weighted by molar-refractivity contribution is 9.10. The molecule has 1 aliphatic heterocycles. The van der Waals surface area contributed by atoms with Crippen molar-refractivity contribution >= 4 is 33.2 Å². The minimum absolute atomic E-state index is 0.00338. The lowest BCUT2D eigenvalue weighted by atomic mass is 10.3. The van der Waals surface area contributed by atoms with Gasteiger partial charge in [0, 0.05) is 38.3 Å². The van der Waals surface area contributed by atoms with Crippen LogP contribution in [-0.2, 0) is 4.79 Å². The number of rotatable bonds is 3. The molecule has 1 aromatic rings. The van der Waals surface area contributed by atoms with Crippen molar-refractivity contribution in [2.45, 2.75) is 19.3 Å². The molecule has 0 spiro atoms. The van der Waals surface area contributed by atoms with Crippen LogP contribution in [0.5, 0.6) is 0 Å². The fourth-order valence-electron chi connectivity index (χ4n) is 2.81. The predicted molar refractivity (Wildman–Crippen MR) is 84.7 cm³/mol. The van der Waals surface area contributed by atoms with E-state index in [-0.39, 0.29) is 17.5 Å². The standard InChI is InChI=1S/C14H17BrN4O3/c15-11-8-16-9-12(19(21)22)13(11)17-4-1-5-18(7-6-17)14(20)10-2-3-10/h8-10H,1-7H2. The normalized spacial score (nSPS) is 19.0. The molecule has 0 atom stereocenters. The van der Waals surface area contributed by atoms with E-state index in [1.807, 2.05) is 9.80 Å². The van der Waals surface area contributed by atoms with Crippen LogP contribution in [0, 0.1) is 16.0 Å². The van der Waals surface area contributed by atoms with Crippen LogP contribution in [0.1, 0.15) is 19.3 Å². The van der Waals surface area contributed by atoms with E-state index in [0.29, 0.717) is 29.8 Å². The van der Waals surface area contributed by atoms with E-state index in [9.17, 15) is 14.9 Å². The molecule has 0 N–H and O–H groups in total. The summed E-state index contributed by atoms with van der Waals surface area (Å²) in [5, 5.41) is 11.2. The fraction of sp³-hybridized carbons (Fsp3) is 0.571. The van der Waals surface area contributed by atoms with Gasteiger partial charge in [0.25, 0.3) is 0 Å². The summed E-state index contributed by atoms with van der Waals surface area (Å²) in [4.78, 5) is 30.7.